The van der Waals surface area contributed by atoms with Gasteiger partial charge in [-0.25, -0.2) is 0 Å². The number of hydrogen-bond donors (Lipinski definition) is 0. The lowest BCUT2D eigenvalue weighted by Gasteiger charge is -2.18. The molecule has 0 radical (unpaired) electrons. The standard InChI is InChI=1S/C22H26F3N3O/c1-4-7-20(22(23,24)25)19-13-26-28(16-19)15-18-11-9-17(10-12-18)14-27(6-3)21(29)8-5-2/h5-6,8-13,16,20H,3-4,7,14-15H2,1-2H3/b8-5-. The summed E-state index contributed by atoms with van der Waals surface area (Å²) >= 11 is 0. The van der Waals surface area contributed by atoms with Gasteiger partial charge in [0, 0.05) is 18.0 Å². The molecule has 1 amide bonds. The van der Waals surface area contributed by atoms with E-state index in [1.165, 1.54) is 34.3 Å². The van der Waals surface area contributed by atoms with Crippen molar-refractivity contribution in [3.05, 3.63) is 78.3 Å². The fourth-order valence-electron chi connectivity index (χ4n) is 3.06. The van der Waals surface area contributed by atoms with Crippen LogP contribution in [0.3, 0.4) is 0 Å². The fourth-order valence-corrected chi connectivity index (χ4v) is 3.06. The Morgan fingerprint density at radius 3 is 2.48 bits per heavy atom. The van der Waals surface area contributed by atoms with Crippen molar-refractivity contribution in [1.82, 2.24) is 14.7 Å². The van der Waals surface area contributed by atoms with Gasteiger partial charge in [-0.3, -0.25) is 9.48 Å². The number of nitrogens with zero attached hydrogens (tertiary/aromatic N) is 3. The van der Waals surface area contributed by atoms with Crippen molar-refractivity contribution in [3.8, 4) is 0 Å². The van der Waals surface area contributed by atoms with E-state index in [1.807, 2.05) is 24.3 Å². The average molecular weight is 405 g/mol. The van der Waals surface area contributed by atoms with Crippen LogP contribution in [0.4, 0.5) is 13.2 Å². The summed E-state index contributed by atoms with van der Waals surface area (Å²) in [6, 6.07) is 7.53. The van der Waals surface area contributed by atoms with Gasteiger partial charge in [0.05, 0.1) is 25.2 Å². The Kier molecular flexibility index (Phi) is 7.82. The highest BCUT2D eigenvalue weighted by Crippen LogP contribution is 2.37. The molecule has 4 nitrogen and oxygen atoms in total. The van der Waals surface area contributed by atoms with Gasteiger partial charge in [0.1, 0.15) is 0 Å². The average Bonchev–Trinajstić information content (AvgIpc) is 3.12. The van der Waals surface area contributed by atoms with Crippen LogP contribution in [0, 0.1) is 0 Å². The molecular weight excluding hydrogens is 379 g/mol. The second-order valence-corrected chi connectivity index (χ2v) is 6.82. The molecule has 0 aliphatic rings. The zero-order valence-electron chi connectivity index (χ0n) is 16.7. The maximum absolute atomic E-state index is 13.2. The molecule has 0 bridgehead atoms. The van der Waals surface area contributed by atoms with Crippen molar-refractivity contribution in [1.29, 1.82) is 0 Å². The molecule has 2 aromatic rings. The molecule has 1 atom stereocenters. The zero-order chi connectivity index (χ0) is 21.4. The summed E-state index contributed by atoms with van der Waals surface area (Å²) in [7, 11) is 0. The molecule has 7 heteroatoms. The lowest BCUT2D eigenvalue weighted by Crippen LogP contribution is -2.22. The van der Waals surface area contributed by atoms with Gasteiger partial charge in [0.2, 0.25) is 5.91 Å². The van der Waals surface area contributed by atoms with Crippen LogP contribution in [0.2, 0.25) is 0 Å². The van der Waals surface area contributed by atoms with Crippen LogP contribution in [0.25, 0.3) is 0 Å². The monoisotopic (exact) mass is 405 g/mol. The quantitative estimate of drug-likeness (QED) is 0.522. The van der Waals surface area contributed by atoms with E-state index >= 15 is 0 Å². The molecule has 1 aromatic heterocycles. The zero-order valence-corrected chi connectivity index (χ0v) is 16.7. The Balaban J connectivity index is 2.06. The maximum Gasteiger partial charge on any atom is 0.395 e. The van der Waals surface area contributed by atoms with Crippen molar-refractivity contribution in [3.63, 3.8) is 0 Å². The lowest BCUT2D eigenvalue weighted by molar-refractivity contribution is -0.152. The fraction of sp³-hybridized carbons (Fsp3) is 0.364. The number of amides is 1. The molecule has 156 valence electrons. The number of benzene rings is 1. The molecule has 0 spiro atoms. The SMILES string of the molecule is C=CN(Cc1ccc(Cn2cc(C(CCC)C(F)(F)F)cn2)cc1)C(=O)/C=C\C. The Morgan fingerprint density at radius 2 is 1.93 bits per heavy atom. The van der Waals surface area contributed by atoms with E-state index in [-0.39, 0.29) is 17.9 Å². The van der Waals surface area contributed by atoms with E-state index in [2.05, 4.69) is 11.7 Å². The summed E-state index contributed by atoms with van der Waals surface area (Å²) in [6.45, 7) is 7.94. The normalized spacial score (nSPS) is 12.9. The molecule has 0 N–H and O–H groups in total. The first kappa shape index (κ1) is 22.5. The highest BCUT2D eigenvalue weighted by atomic mass is 19.4. The Hall–Kier alpha value is -2.83. The van der Waals surface area contributed by atoms with E-state index in [1.54, 1.807) is 19.9 Å². The topological polar surface area (TPSA) is 38.1 Å². The van der Waals surface area contributed by atoms with Crippen LogP contribution in [-0.2, 0) is 17.9 Å². The van der Waals surface area contributed by atoms with Gasteiger partial charge >= 0.3 is 6.18 Å². The molecule has 0 aliphatic carbocycles. The van der Waals surface area contributed by atoms with E-state index in [0.717, 1.165) is 11.1 Å². The van der Waals surface area contributed by atoms with Gasteiger partial charge in [-0.2, -0.15) is 18.3 Å². The molecule has 1 aromatic carbocycles. The third kappa shape index (κ3) is 6.34. The molecule has 1 heterocycles. The molecule has 0 saturated carbocycles. The van der Waals surface area contributed by atoms with Gasteiger partial charge in [-0.05, 0) is 30.5 Å². The Labute approximate surface area is 169 Å². The maximum atomic E-state index is 13.2. The van der Waals surface area contributed by atoms with Gasteiger partial charge in [0.25, 0.3) is 0 Å². The number of alkyl halides is 3. The Morgan fingerprint density at radius 1 is 1.28 bits per heavy atom. The largest absolute Gasteiger partial charge is 0.395 e. The number of carbonyl (C=O) groups excluding carboxylic acids is 1. The smallest absolute Gasteiger partial charge is 0.312 e. The number of rotatable bonds is 9. The number of halogens is 3. The number of aromatic nitrogens is 2. The molecule has 0 saturated heterocycles. The van der Waals surface area contributed by atoms with Gasteiger partial charge in [-0.15, -0.1) is 0 Å². The van der Waals surface area contributed by atoms with Crippen molar-refractivity contribution >= 4 is 5.91 Å². The third-order valence-electron chi connectivity index (χ3n) is 4.56. The first-order chi connectivity index (χ1) is 13.8. The number of hydrogen-bond acceptors (Lipinski definition) is 2. The van der Waals surface area contributed by atoms with Gasteiger partial charge in [-0.1, -0.05) is 50.3 Å². The summed E-state index contributed by atoms with van der Waals surface area (Å²) in [5.41, 5.74) is 2.03. The Bertz CT molecular complexity index is 838. The van der Waals surface area contributed by atoms with Crippen LogP contribution in [0.5, 0.6) is 0 Å². The highest BCUT2D eigenvalue weighted by molar-refractivity contribution is 5.88. The lowest BCUT2D eigenvalue weighted by atomic mass is 9.97. The number of carbonyl (C=O) groups is 1. The van der Waals surface area contributed by atoms with Crippen LogP contribution < -0.4 is 0 Å². The molecule has 0 fully saturated rings. The minimum absolute atomic E-state index is 0.0512. The predicted octanol–water partition coefficient (Wildman–Crippen LogP) is 5.43. The second-order valence-electron chi connectivity index (χ2n) is 6.82. The van der Waals surface area contributed by atoms with E-state index in [9.17, 15) is 18.0 Å². The molecular formula is C22H26F3N3O. The van der Waals surface area contributed by atoms with Crippen molar-refractivity contribution in [2.75, 3.05) is 0 Å². The van der Waals surface area contributed by atoms with Crippen LogP contribution in [0.1, 0.15) is 49.3 Å². The van der Waals surface area contributed by atoms with Crippen LogP contribution in [-0.4, -0.2) is 26.8 Å². The van der Waals surface area contributed by atoms with E-state index < -0.39 is 12.1 Å². The van der Waals surface area contributed by atoms with Crippen LogP contribution >= 0.6 is 0 Å². The summed E-state index contributed by atoms with van der Waals surface area (Å²) < 4.78 is 41.2. The molecule has 0 aliphatic heterocycles. The molecule has 2 rings (SSSR count). The molecule has 1 unspecified atom stereocenters. The molecule has 29 heavy (non-hydrogen) atoms. The summed E-state index contributed by atoms with van der Waals surface area (Å²) in [5, 5.41) is 4.10. The van der Waals surface area contributed by atoms with Gasteiger partial charge < -0.3 is 4.90 Å². The van der Waals surface area contributed by atoms with Gasteiger partial charge in [0.15, 0.2) is 0 Å². The third-order valence-corrected chi connectivity index (χ3v) is 4.56. The second kappa shape index (κ2) is 10.1. The van der Waals surface area contributed by atoms with E-state index in [4.69, 9.17) is 0 Å². The van der Waals surface area contributed by atoms with Crippen LogP contribution in [0.15, 0.2) is 61.6 Å². The number of allylic oxidation sites excluding steroid dienone is 1. The van der Waals surface area contributed by atoms with Crippen molar-refractivity contribution < 1.29 is 18.0 Å². The minimum Gasteiger partial charge on any atom is -0.312 e. The van der Waals surface area contributed by atoms with E-state index in [0.29, 0.717) is 19.5 Å². The predicted molar refractivity (Wildman–Crippen MR) is 107 cm³/mol. The first-order valence-electron chi connectivity index (χ1n) is 9.51. The summed E-state index contributed by atoms with van der Waals surface area (Å²) in [5.74, 6) is -1.63. The highest BCUT2D eigenvalue weighted by Gasteiger charge is 2.40. The van der Waals surface area contributed by atoms with Crippen molar-refractivity contribution in [2.45, 2.75) is 51.9 Å². The minimum atomic E-state index is -4.27. The summed E-state index contributed by atoms with van der Waals surface area (Å²) in [6.07, 6.45) is 3.63. The summed E-state index contributed by atoms with van der Waals surface area (Å²) in [4.78, 5) is 13.4. The van der Waals surface area contributed by atoms with Crippen molar-refractivity contribution in [2.24, 2.45) is 0 Å². The first-order valence-corrected chi connectivity index (χ1v) is 9.51.